The zero-order valence-electron chi connectivity index (χ0n) is 12.9. The Balaban J connectivity index is 2.12. The van der Waals surface area contributed by atoms with Crippen LogP contribution in [-0.4, -0.2) is 30.9 Å². The molecule has 3 rings (SSSR count). The number of hydrogen-bond donors (Lipinski definition) is 1. The minimum absolute atomic E-state index is 0.0331. The molecule has 8 nitrogen and oxygen atoms in total. The summed E-state index contributed by atoms with van der Waals surface area (Å²) < 4.78 is 0. The number of para-hydroxylation sites is 1. The van der Waals surface area contributed by atoms with Crippen LogP contribution in [0.2, 0.25) is 0 Å². The van der Waals surface area contributed by atoms with Gasteiger partial charge in [0.05, 0.1) is 11.1 Å². The van der Waals surface area contributed by atoms with Crippen LogP contribution in [0, 0.1) is 16.0 Å². The molecule has 0 unspecified atom stereocenters. The molecule has 2 atom stereocenters. The Morgan fingerprint density at radius 3 is 2.65 bits per heavy atom. The number of nitrogens with zero attached hydrogens (tertiary/aromatic N) is 5. The van der Waals surface area contributed by atoms with Crippen LogP contribution >= 0.6 is 0 Å². The SMILES string of the molecule is C[C@@H]1CCCC[C@H]1N=c1c([N+](=O)[O-])nn(-c2ccccc2)n1O. The van der Waals surface area contributed by atoms with Crippen molar-refractivity contribution in [1.82, 2.24) is 14.7 Å². The summed E-state index contributed by atoms with van der Waals surface area (Å²) in [7, 11) is 0. The molecular weight excluding hydrogens is 298 g/mol. The van der Waals surface area contributed by atoms with Gasteiger partial charge in [-0.25, -0.2) is 0 Å². The zero-order valence-corrected chi connectivity index (χ0v) is 12.9. The van der Waals surface area contributed by atoms with Crippen molar-refractivity contribution in [2.24, 2.45) is 10.9 Å². The molecule has 0 amide bonds. The van der Waals surface area contributed by atoms with Crippen LogP contribution < -0.4 is 5.49 Å². The van der Waals surface area contributed by atoms with Crippen LogP contribution in [0.5, 0.6) is 0 Å². The molecule has 1 heterocycles. The highest BCUT2D eigenvalue weighted by Gasteiger charge is 2.27. The fourth-order valence-corrected chi connectivity index (χ4v) is 2.96. The average Bonchev–Trinajstić information content (AvgIpc) is 2.88. The number of benzene rings is 1. The Morgan fingerprint density at radius 1 is 1.30 bits per heavy atom. The maximum Gasteiger partial charge on any atom is 0.438 e. The second kappa shape index (κ2) is 6.23. The average molecular weight is 317 g/mol. The van der Waals surface area contributed by atoms with Crippen molar-refractivity contribution in [3.8, 4) is 5.69 Å². The standard InChI is InChI=1S/C15H19N5O3/c1-11-7-5-6-10-13(11)16-14-15(20(22)23)17-18(19(14)21)12-8-3-2-4-9-12/h2-4,8-9,11,13,21H,5-7,10H2,1H3/t11-,13-/m1/s1. The Labute approximate surface area is 132 Å². The topological polar surface area (TPSA) is 98.5 Å². The molecular formula is C15H19N5O3. The van der Waals surface area contributed by atoms with Gasteiger partial charge in [0.2, 0.25) is 0 Å². The molecule has 1 fully saturated rings. The van der Waals surface area contributed by atoms with E-state index in [1.165, 1.54) is 0 Å². The normalized spacial score (nSPS) is 22.2. The summed E-state index contributed by atoms with van der Waals surface area (Å²) in [5.41, 5.74) is 0.425. The predicted molar refractivity (Wildman–Crippen MR) is 82.4 cm³/mol. The maximum atomic E-state index is 11.3. The van der Waals surface area contributed by atoms with Gasteiger partial charge in [-0.2, -0.15) is 0 Å². The summed E-state index contributed by atoms with van der Waals surface area (Å²) in [6, 6.07) is 8.73. The first-order chi connectivity index (χ1) is 11.1. The summed E-state index contributed by atoms with van der Waals surface area (Å²) in [4.78, 5) is 16.9. The van der Waals surface area contributed by atoms with Crippen molar-refractivity contribution < 1.29 is 10.1 Å². The van der Waals surface area contributed by atoms with E-state index in [9.17, 15) is 15.3 Å². The highest BCUT2D eigenvalue weighted by Crippen LogP contribution is 2.26. The summed E-state index contributed by atoms with van der Waals surface area (Å²) >= 11 is 0. The van der Waals surface area contributed by atoms with Crippen LogP contribution in [0.15, 0.2) is 35.3 Å². The van der Waals surface area contributed by atoms with Crippen LogP contribution in [-0.2, 0) is 0 Å². The second-order valence-electron chi connectivity index (χ2n) is 5.88. The van der Waals surface area contributed by atoms with Gasteiger partial charge in [0.15, 0.2) is 0 Å². The van der Waals surface area contributed by atoms with Crippen LogP contribution in [0.1, 0.15) is 32.6 Å². The molecule has 1 aliphatic carbocycles. The highest BCUT2D eigenvalue weighted by molar-refractivity contribution is 5.29. The number of rotatable bonds is 3. The highest BCUT2D eigenvalue weighted by atomic mass is 16.6. The Bertz CT molecular complexity index is 765. The van der Waals surface area contributed by atoms with Crippen molar-refractivity contribution in [3.05, 3.63) is 45.9 Å². The van der Waals surface area contributed by atoms with E-state index < -0.39 is 10.7 Å². The number of aromatic nitrogens is 3. The van der Waals surface area contributed by atoms with Gasteiger partial charge in [-0.3, -0.25) is 4.99 Å². The second-order valence-corrected chi connectivity index (χ2v) is 5.88. The smallest absolute Gasteiger partial charge is 0.409 e. The molecule has 0 saturated heterocycles. The van der Waals surface area contributed by atoms with Crippen molar-refractivity contribution in [2.45, 2.75) is 38.6 Å². The van der Waals surface area contributed by atoms with Crippen molar-refractivity contribution in [3.63, 3.8) is 0 Å². The Kier molecular flexibility index (Phi) is 4.14. The Morgan fingerprint density at radius 2 is 2.00 bits per heavy atom. The third kappa shape index (κ3) is 2.96. The largest absolute Gasteiger partial charge is 0.438 e. The fraction of sp³-hybridized carbons (Fsp3) is 0.467. The number of hydrogen-bond acceptors (Lipinski definition) is 5. The molecule has 122 valence electrons. The zero-order chi connectivity index (χ0) is 16.4. The van der Waals surface area contributed by atoms with Gasteiger partial charge < -0.3 is 15.3 Å². The van der Waals surface area contributed by atoms with Gasteiger partial charge in [-0.1, -0.05) is 42.8 Å². The molecule has 0 bridgehead atoms. The molecule has 2 aromatic rings. The lowest BCUT2D eigenvalue weighted by Crippen LogP contribution is -2.28. The molecule has 23 heavy (non-hydrogen) atoms. The molecule has 8 heteroatoms. The van der Waals surface area contributed by atoms with E-state index >= 15 is 0 Å². The molecule has 1 aliphatic rings. The third-order valence-corrected chi connectivity index (χ3v) is 4.27. The molecule has 0 radical (unpaired) electrons. The van der Waals surface area contributed by atoms with Crippen molar-refractivity contribution in [1.29, 1.82) is 0 Å². The lowest BCUT2D eigenvalue weighted by Gasteiger charge is -2.24. The van der Waals surface area contributed by atoms with Crippen molar-refractivity contribution in [2.75, 3.05) is 0 Å². The van der Waals surface area contributed by atoms with Gasteiger partial charge in [0.1, 0.15) is 5.69 Å². The maximum absolute atomic E-state index is 11.3. The molecule has 1 aromatic heterocycles. The summed E-state index contributed by atoms with van der Waals surface area (Å²) in [5, 5.41) is 25.5. The first-order valence-corrected chi connectivity index (χ1v) is 7.73. The molecule has 0 spiro atoms. The molecule has 1 aromatic carbocycles. The first kappa shape index (κ1) is 15.3. The lowest BCUT2D eigenvalue weighted by atomic mass is 9.86. The molecule has 1 saturated carbocycles. The van der Waals surface area contributed by atoms with E-state index in [4.69, 9.17) is 0 Å². The van der Waals surface area contributed by atoms with E-state index in [1.807, 2.05) is 6.07 Å². The van der Waals surface area contributed by atoms with Gasteiger partial charge in [0, 0.05) is 0 Å². The van der Waals surface area contributed by atoms with Gasteiger partial charge in [-0.15, -0.1) is 0 Å². The lowest BCUT2D eigenvalue weighted by molar-refractivity contribution is -0.391. The monoisotopic (exact) mass is 317 g/mol. The van der Waals surface area contributed by atoms with Crippen molar-refractivity contribution >= 4 is 5.82 Å². The van der Waals surface area contributed by atoms with E-state index in [0.717, 1.165) is 30.5 Å². The minimum Gasteiger partial charge on any atom is -0.409 e. The Hall–Kier alpha value is -2.64. The van der Waals surface area contributed by atoms with E-state index in [0.29, 0.717) is 16.5 Å². The van der Waals surface area contributed by atoms with E-state index in [2.05, 4.69) is 17.0 Å². The number of nitro groups is 1. The van der Waals surface area contributed by atoms with Crippen LogP contribution in [0.3, 0.4) is 0 Å². The van der Waals surface area contributed by atoms with E-state index in [-0.39, 0.29) is 11.5 Å². The minimum atomic E-state index is -0.613. The fourth-order valence-electron chi connectivity index (χ4n) is 2.96. The van der Waals surface area contributed by atoms with Gasteiger partial charge >= 0.3 is 5.82 Å². The quantitative estimate of drug-likeness (QED) is 0.533. The van der Waals surface area contributed by atoms with E-state index in [1.54, 1.807) is 24.3 Å². The van der Waals surface area contributed by atoms with Gasteiger partial charge in [0.25, 0.3) is 5.49 Å². The third-order valence-electron chi connectivity index (χ3n) is 4.27. The summed E-state index contributed by atoms with van der Waals surface area (Å²) in [6.07, 6.45) is 4.11. The first-order valence-electron chi connectivity index (χ1n) is 7.73. The van der Waals surface area contributed by atoms with Gasteiger partial charge in [-0.05, 0) is 40.6 Å². The molecule has 0 aliphatic heterocycles. The predicted octanol–water partition coefficient (Wildman–Crippen LogP) is 2.30. The van der Waals surface area contributed by atoms with Crippen LogP contribution in [0.25, 0.3) is 5.69 Å². The molecule has 1 N–H and O–H groups in total. The van der Waals surface area contributed by atoms with Crippen LogP contribution in [0.4, 0.5) is 5.82 Å². The summed E-state index contributed by atoms with van der Waals surface area (Å²) in [5.74, 6) is -0.0995. The summed E-state index contributed by atoms with van der Waals surface area (Å²) in [6.45, 7) is 2.09.